The molecule has 2 atom stereocenters. The maximum Gasteiger partial charge on any atom is 0.405 e. The number of nitro groups is 1. The number of nitro benzene ring substituents is 1. The van der Waals surface area contributed by atoms with E-state index in [-0.39, 0.29) is 24.0 Å². The molecule has 11 nitrogen and oxygen atoms in total. The molecule has 2 bridgehead atoms. The minimum absolute atomic E-state index is 0.156. The number of amides is 2. The van der Waals surface area contributed by atoms with Crippen LogP contribution < -0.4 is 10.6 Å². The largest absolute Gasteiger partial charge is 0.465 e. The Labute approximate surface area is 204 Å². The molecule has 0 radical (unpaired) electrons. The van der Waals surface area contributed by atoms with E-state index in [1.807, 2.05) is 0 Å². The van der Waals surface area contributed by atoms with Crippen LogP contribution in [0.15, 0.2) is 36.5 Å². The SMILES string of the molecule is C[C@@H]1/C=C/C[C@H](NC(=O)O)c2cn(COCC[Si](C)(C)C)c(n2)-c2ccc([N+](=O)[O-])cc2NC1=O. The number of aromatic nitrogens is 2. The number of fused-ring (bicyclic) bond motifs is 4. The van der Waals surface area contributed by atoms with E-state index in [2.05, 4.69) is 35.3 Å². The summed E-state index contributed by atoms with van der Waals surface area (Å²) in [6.45, 7) is 9.16. The van der Waals surface area contributed by atoms with Crippen molar-refractivity contribution in [1.29, 1.82) is 0 Å². The van der Waals surface area contributed by atoms with Gasteiger partial charge in [-0.1, -0.05) is 38.7 Å². The summed E-state index contributed by atoms with van der Waals surface area (Å²) in [4.78, 5) is 39.8. The summed E-state index contributed by atoms with van der Waals surface area (Å²) in [6, 6.07) is 4.49. The molecule has 2 aromatic rings. The quantitative estimate of drug-likeness (QED) is 0.165. The topological polar surface area (TPSA) is 149 Å². The summed E-state index contributed by atoms with van der Waals surface area (Å²) < 4.78 is 7.65. The number of rotatable bonds is 7. The van der Waals surface area contributed by atoms with Crippen LogP contribution in [0.1, 0.15) is 25.1 Å². The van der Waals surface area contributed by atoms with Gasteiger partial charge in [-0.25, -0.2) is 9.78 Å². The molecule has 3 rings (SSSR count). The molecular weight excluding hydrogens is 470 g/mol. The molecule has 1 aliphatic rings. The normalized spacial score (nSPS) is 19.0. The standard InChI is InChI=1S/C23H31N5O6Si/c1-15-6-5-7-18(26-23(30)31)20-13-27(14-34-10-11-35(2,3)4)21(24-20)17-9-8-16(28(32)33)12-19(17)25-22(15)29/h5-6,8-9,12-13,15,18,26H,7,10-11,14H2,1-4H3,(H,25,29)(H,30,31)/b6-5+/t15-,18+/m1/s1. The Morgan fingerprint density at radius 1 is 1.40 bits per heavy atom. The number of nitrogens with one attached hydrogen (secondary N) is 2. The number of benzene rings is 1. The summed E-state index contributed by atoms with van der Waals surface area (Å²) in [5.41, 5.74) is 1.02. The number of carboxylic acid groups (broad SMARTS) is 1. The van der Waals surface area contributed by atoms with E-state index < -0.39 is 31.1 Å². The van der Waals surface area contributed by atoms with Gasteiger partial charge in [0, 0.05) is 38.6 Å². The molecule has 2 heterocycles. The van der Waals surface area contributed by atoms with Gasteiger partial charge in [-0.05, 0) is 18.5 Å². The first-order chi connectivity index (χ1) is 16.4. The van der Waals surface area contributed by atoms with Gasteiger partial charge >= 0.3 is 6.09 Å². The van der Waals surface area contributed by atoms with Gasteiger partial charge in [0.1, 0.15) is 12.6 Å². The molecule has 12 heteroatoms. The van der Waals surface area contributed by atoms with Gasteiger partial charge in [-0.3, -0.25) is 14.9 Å². The number of hydrogen-bond donors (Lipinski definition) is 3. The number of imidazole rings is 1. The second kappa shape index (κ2) is 10.8. The van der Waals surface area contributed by atoms with Crippen molar-refractivity contribution in [1.82, 2.24) is 14.9 Å². The number of carbonyl (C=O) groups is 2. The van der Waals surface area contributed by atoms with E-state index in [1.54, 1.807) is 29.8 Å². The number of anilines is 1. The summed E-state index contributed by atoms with van der Waals surface area (Å²) in [5.74, 6) is -0.481. The third-order valence-electron chi connectivity index (χ3n) is 5.60. The fourth-order valence-electron chi connectivity index (χ4n) is 3.56. The van der Waals surface area contributed by atoms with Crippen LogP contribution in [0.5, 0.6) is 0 Å². The molecule has 0 aliphatic carbocycles. The lowest BCUT2D eigenvalue weighted by Gasteiger charge is -2.17. The van der Waals surface area contributed by atoms with Crippen molar-refractivity contribution in [3.63, 3.8) is 0 Å². The Morgan fingerprint density at radius 2 is 2.14 bits per heavy atom. The molecule has 1 aromatic heterocycles. The van der Waals surface area contributed by atoms with Crippen molar-refractivity contribution in [3.05, 3.63) is 52.4 Å². The second-order valence-electron chi connectivity index (χ2n) is 9.74. The summed E-state index contributed by atoms with van der Waals surface area (Å²) in [7, 11) is -1.30. The molecule has 188 valence electrons. The molecule has 1 aliphatic heterocycles. The maximum atomic E-state index is 12.8. The zero-order valence-electron chi connectivity index (χ0n) is 20.3. The van der Waals surface area contributed by atoms with Gasteiger partial charge in [0.05, 0.1) is 28.3 Å². The van der Waals surface area contributed by atoms with Crippen molar-refractivity contribution >= 4 is 31.4 Å². The Morgan fingerprint density at radius 3 is 2.80 bits per heavy atom. The molecule has 0 unspecified atom stereocenters. The number of carbonyl (C=O) groups excluding carboxylic acids is 1. The third kappa shape index (κ3) is 6.99. The van der Waals surface area contributed by atoms with Crippen LogP contribution in [-0.2, 0) is 16.3 Å². The highest BCUT2D eigenvalue weighted by atomic mass is 28.3. The van der Waals surface area contributed by atoms with Gasteiger partial charge in [0.25, 0.3) is 5.69 Å². The Bertz CT molecular complexity index is 1140. The van der Waals surface area contributed by atoms with Gasteiger partial charge < -0.3 is 25.0 Å². The van der Waals surface area contributed by atoms with Crippen LogP contribution in [0.3, 0.4) is 0 Å². The molecule has 1 aromatic carbocycles. The minimum atomic E-state index is -1.30. The first-order valence-electron chi connectivity index (χ1n) is 11.4. The lowest BCUT2D eigenvalue weighted by molar-refractivity contribution is -0.384. The number of ether oxygens (including phenoxy) is 1. The Hall–Kier alpha value is -3.51. The van der Waals surface area contributed by atoms with E-state index in [9.17, 15) is 24.8 Å². The number of non-ortho nitro benzene ring substituents is 1. The predicted molar refractivity (Wildman–Crippen MR) is 134 cm³/mol. The smallest absolute Gasteiger partial charge is 0.405 e. The van der Waals surface area contributed by atoms with Crippen molar-refractivity contribution in [3.8, 4) is 11.4 Å². The molecule has 2 amide bonds. The first-order valence-corrected chi connectivity index (χ1v) is 15.1. The van der Waals surface area contributed by atoms with Crippen molar-refractivity contribution in [2.75, 3.05) is 11.9 Å². The van der Waals surface area contributed by atoms with Gasteiger partial charge in [-0.2, -0.15) is 0 Å². The van der Waals surface area contributed by atoms with Gasteiger partial charge in [0.2, 0.25) is 5.91 Å². The molecule has 0 spiro atoms. The fraction of sp³-hybridized carbons (Fsp3) is 0.435. The zero-order chi connectivity index (χ0) is 25.8. The molecule has 0 fully saturated rings. The minimum Gasteiger partial charge on any atom is -0.465 e. The highest BCUT2D eigenvalue weighted by Gasteiger charge is 2.24. The first kappa shape index (κ1) is 26.1. The highest BCUT2D eigenvalue weighted by molar-refractivity contribution is 6.76. The Kier molecular flexibility index (Phi) is 8.07. The van der Waals surface area contributed by atoms with Crippen molar-refractivity contribution < 1.29 is 24.4 Å². The molecule has 0 saturated heterocycles. The van der Waals surface area contributed by atoms with Crippen LogP contribution in [0.4, 0.5) is 16.2 Å². The van der Waals surface area contributed by atoms with E-state index in [1.165, 1.54) is 18.2 Å². The molecule has 0 saturated carbocycles. The molecular formula is C23H31N5O6Si. The summed E-state index contributed by atoms with van der Waals surface area (Å²) in [6.07, 6.45) is 4.21. The van der Waals surface area contributed by atoms with Gasteiger partial charge in [-0.15, -0.1) is 0 Å². The summed E-state index contributed by atoms with van der Waals surface area (Å²) in [5, 5.41) is 26.0. The second-order valence-corrected chi connectivity index (χ2v) is 15.4. The van der Waals surface area contributed by atoms with E-state index in [0.29, 0.717) is 30.1 Å². The Balaban J connectivity index is 2.10. The zero-order valence-corrected chi connectivity index (χ0v) is 21.3. The monoisotopic (exact) mass is 501 g/mol. The highest BCUT2D eigenvalue weighted by Crippen LogP contribution is 2.33. The lowest BCUT2D eigenvalue weighted by atomic mass is 10.1. The van der Waals surface area contributed by atoms with Crippen molar-refractivity contribution in [2.24, 2.45) is 5.92 Å². The number of hydrogen-bond acceptors (Lipinski definition) is 6. The predicted octanol–water partition coefficient (Wildman–Crippen LogP) is 4.61. The van der Waals surface area contributed by atoms with Crippen LogP contribution in [0.25, 0.3) is 11.4 Å². The van der Waals surface area contributed by atoms with Crippen LogP contribution in [-0.4, -0.2) is 46.3 Å². The van der Waals surface area contributed by atoms with E-state index in [4.69, 9.17) is 4.74 Å². The maximum absolute atomic E-state index is 12.8. The fourth-order valence-corrected chi connectivity index (χ4v) is 4.31. The molecule has 3 N–H and O–H groups in total. The van der Waals surface area contributed by atoms with Gasteiger partial charge in [0.15, 0.2) is 0 Å². The van der Waals surface area contributed by atoms with Crippen LogP contribution in [0, 0.1) is 16.0 Å². The third-order valence-corrected chi connectivity index (χ3v) is 7.30. The average molecular weight is 502 g/mol. The summed E-state index contributed by atoms with van der Waals surface area (Å²) >= 11 is 0. The van der Waals surface area contributed by atoms with E-state index >= 15 is 0 Å². The van der Waals surface area contributed by atoms with Crippen LogP contribution in [0.2, 0.25) is 25.7 Å². The lowest BCUT2D eigenvalue weighted by Crippen LogP contribution is -2.27. The van der Waals surface area contributed by atoms with E-state index in [0.717, 1.165) is 6.04 Å². The average Bonchev–Trinajstić information content (AvgIpc) is 3.18. The van der Waals surface area contributed by atoms with Crippen molar-refractivity contribution in [2.45, 2.75) is 51.8 Å². The number of nitrogens with zero attached hydrogens (tertiary/aromatic N) is 3. The van der Waals surface area contributed by atoms with Crippen LogP contribution >= 0.6 is 0 Å². The molecule has 35 heavy (non-hydrogen) atoms.